The van der Waals surface area contributed by atoms with Gasteiger partial charge in [-0.1, -0.05) is 25.0 Å². The highest BCUT2D eigenvalue weighted by Crippen LogP contribution is 2.23. The first-order valence-corrected chi connectivity index (χ1v) is 7.09. The molecule has 3 nitrogen and oxygen atoms in total. The third kappa shape index (κ3) is 3.97. The van der Waals surface area contributed by atoms with Crippen LogP contribution in [0.15, 0.2) is 24.3 Å². The molecule has 2 rings (SSSR count). The molecule has 2 unspecified atom stereocenters. The molecule has 0 radical (unpaired) electrons. The van der Waals surface area contributed by atoms with Crippen molar-refractivity contribution in [2.75, 3.05) is 13.7 Å². The Kier molecular flexibility index (Phi) is 5.23. The SMILES string of the molecule is COc1cccc(CCNC2CCCCC2C#N)c1. The van der Waals surface area contributed by atoms with Crippen LogP contribution in [0, 0.1) is 17.2 Å². The Morgan fingerprint density at radius 2 is 2.21 bits per heavy atom. The van der Waals surface area contributed by atoms with Crippen LogP contribution in [0.3, 0.4) is 0 Å². The number of ether oxygens (including phenoxy) is 1. The van der Waals surface area contributed by atoms with Gasteiger partial charge in [-0.3, -0.25) is 0 Å². The Bertz CT molecular complexity index is 439. The summed E-state index contributed by atoms with van der Waals surface area (Å²) in [5.74, 6) is 1.10. The fraction of sp³-hybridized carbons (Fsp3) is 0.562. The van der Waals surface area contributed by atoms with E-state index < -0.39 is 0 Å². The molecule has 0 aliphatic heterocycles. The zero-order chi connectivity index (χ0) is 13.5. The van der Waals surface area contributed by atoms with Crippen LogP contribution in [-0.2, 0) is 6.42 Å². The van der Waals surface area contributed by atoms with E-state index in [1.165, 1.54) is 18.4 Å². The first kappa shape index (κ1) is 13.9. The quantitative estimate of drug-likeness (QED) is 0.883. The molecular formula is C16H22N2O. The summed E-state index contributed by atoms with van der Waals surface area (Å²) >= 11 is 0. The van der Waals surface area contributed by atoms with Crippen LogP contribution < -0.4 is 10.1 Å². The molecule has 0 saturated heterocycles. The number of nitrogens with zero attached hydrogens (tertiary/aromatic N) is 1. The maximum Gasteiger partial charge on any atom is 0.119 e. The third-order valence-electron chi connectivity index (χ3n) is 3.89. The minimum absolute atomic E-state index is 0.194. The van der Waals surface area contributed by atoms with Gasteiger partial charge in [0.25, 0.3) is 0 Å². The van der Waals surface area contributed by atoms with E-state index in [0.29, 0.717) is 6.04 Å². The number of nitriles is 1. The highest BCUT2D eigenvalue weighted by molar-refractivity contribution is 5.28. The minimum atomic E-state index is 0.194. The molecule has 0 bridgehead atoms. The van der Waals surface area contributed by atoms with Gasteiger partial charge in [0.1, 0.15) is 5.75 Å². The number of hydrogen-bond acceptors (Lipinski definition) is 3. The molecule has 1 aliphatic carbocycles. The number of methoxy groups -OCH3 is 1. The summed E-state index contributed by atoms with van der Waals surface area (Å²) in [6.07, 6.45) is 5.61. The van der Waals surface area contributed by atoms with Gasteiger partial charge in [-0.15, -0.1) is 0 Å². The predicted molar refractivity (Wildman–Crippen MR) is 76.1 cm³/mol. The summed E-state index contributed by atoms with van der Waals surface area (Å²) in [4.78, 5) is 0. The second kappa shape index (κ2) is 7.16. The average Bonchev–Trinajstić information content (AvgIpc) is 2.48. The van der Waals surface area contributed by atoms with Crippen LogP contribution in [-0.4, -0.2) is 19.7 Å². The van der Waals surface area contributed by atoms with Crippen LogP contribution >= 0.6 is 0 Å². The minimum Gasteiger partial charge on any atom is -0.497 e. The lowest BCUT2D eigenvalue weighted by atomic mass is 9.85. The third-order valence-corrected chi connectivity index (χ3v) is 3.89. The van der Waals surface area contributed by atoms with E-state index in [-0.39, 0.29) is 5.92 Å². The van der Waals surface area contributed by atoms with E-state index in [2.05, 4.69) is 23.5 Å². The van der Waals surface area contributed by atoms with Gasteiger partial charge in [-0.25, -0.2) is 0 Å². The van der Waals surface area contributed by atoms with Gasteiger partial charge in [0.05, 0.1) is 19.1 Å². The second-order valence-electron chi connectivity index (χ2n) is 5.18. The molecule has 0 spiro atoms. The van der Waals surface area contributed by atoms with Crippen molar-refractivity contribution in [3.63, 3.8) is 0 Å². The summed E-state index contributed by atoms with van der Waals surface area (Å²) in [5, 5.41) is 12.7. The maximum absolute atomic E-state index is 9.14. The summed E-state index contributed by atoms with van der Waals surface area (Å²) in [7, 11) is 1.69. The van der Waals surface area contributed by atoms with Crippen molar-refractivity contribution in [2.24, 2.45) is 5.92 Å². The Labute approximate surface area is 115 Å². The van der Waals surface area contributed by atoms with Gasteiger partial charge in [0, 0.05) is 6.04 Å². The lowest BCUT2D eigenvalue weighted by Gasteiger charge is -2.27. The zero-order valence-electron chi connectivity index (χ0n) is 11.6. The molecule has 102 valence electrons. The van der Waals surface area contributed by atoms with Crippen molar-refractivity contribution in [2.45, 2.75) is 38.1 Å². The molecule has 1 aromatic carbocycles. The van der Waals surface area contributed by atoms with Gasteiger partial charge in [0.2, 0.25) is 0 Å². The molecule has 3 heteroatoms. The lowest BCUT2D eigenvalue weighted by Crippen LogP contribution is -2.38. The van der Waals surface area contributed by atoms with E-state index >= 15 is 0 Å². The average molecular weight is 258 g/mol. The van der Waals surface area contributed by atoms with E-state index in [4.69, 9.17) is 10.00 Å². The summed E-state index contributed by atoms with van der Waals surface area (Å²) in [6.45, 7) is 0.927. The fourth-order valence-electron chi connectivity index (χ4n) is 2.76. The Morgan fingerprint density at radius 3 is 3.00 bits per heavy atom. The summed E-state index contributed by atoms with van der Waals surface area (Å²) in [6, 6.07) is 11.0. The molecule has 1 aromatic rings. The van der Waals surface area contributed by atoms with Crippen molar-refractivity contribution in [3.8, 4) is 11.8 Å². The van der Waals surface area contributed by atoms with Crippen LogP contribution in [0.4, 0.5) is 0 Å². The number of nitrogens with one attached hydrogen (secondary N) is 1. The summed E-state index contributed by atoms with van der Waals surface area (Å²) in [5.41, 5.74) is 1.27. The van der Waals surface area contributed by atoms with Crippen molar-refractivity contribution in [1.29, 1.82) is 5.26 Å². The molecule has 1 N–H and O–H groups in total. The zero-order valence-corrected chi connectivity index (χ0v) is 11.6. The largest absolute Gasteiger partial charge is 0.497 e. The topological polar surface area (TPSA) is 45.0 Å². The van der Waals surface area contributed by atoms with E-state index in [0.717, 1.165) is 31.6 Å². The van der Waals surface area contributed by atoms with Gasteiger partial charge in [-0.05, 0) is 43.5 Å². The predicted octanol–water partition coefficient (Wildman–Crippen LogP) is 2.91. The van der Waals surface area contributed by atoms with Gasteiger partial charge >= 0.3 is 0 Å². The van der Waals surface area contributed by atoms with E-state index in [9.17, 15) is 0 Å². The second-order valence-corrected chi connectivity index (χ2v) is 5.18. The standard InChI is InChI=1S/C16H22N2O/c1-19-15-7-4-5-13(11-15)9-10-18-16-8-3-2-6-14(16)12-17/h4-5,7,11,14,16,18H,2-3,6,8-10H2,1H3. The van der Waals surface area contributed by atoms with E-state index in [1.54, 1.807) is 7.11 Å². The normalized spacial score (nSPS) is 22.7. The monoisotopic (exact) mass is 258 g/mol. The molecule has 0 aromatic heterocycles. The van der Waals surface area contributed by atoms with Crippen LogP contribution in [0.2, 0.25) is 0 Å². The lowest BCUT2D eigenvalue weighted by molar-refractivity contribution is 0.314. The Morgan fingerprint density at radius 1 is 1.37 bits per heavy atom. The molecule has 0 heterocycles. The Hall–Kier alpha value is -1.53. The molecule has 1 fully saturated rings. The van der Waals surface area contributed by atoms with E-state index in [1.807, 2.05) is 12.1 Å². The highest BCUT2D eigenvalue weighted by Gasteiger charge is 2.23. The van der Waals surface area contributed by atoms with Gasteiger partial charge in [-0.2, -0.15) is 5.26 Å². The van der Waals surface area contributed by atoms with Gasteiger partial charge in [0.15, 0.2) is 0 Å². The van der Waals surface area contributed by atoms with Crippen molar-refractivity contribution >= 4 is 0 Å². The molecule has 19 heavy (non-hydrogen) atoms. The first-order valence-electron chi connectivity index (χ1n) is 7.09. The smallest absolute Gasteiger partial charge is 0.119 e. The number of rotatable bonds is 5. The van der Waals surface area contributed by atoms with Crippen molar-refractivity contribution in [3.05, 3.63) is 29.8 Å². The first-order chi connectivity index (χ1) is 9.33. The highest BCUT2D eigenvalue weighted by atomic mass is 16.5. The van der Waals surface area contributed by atoms with Gasteiger partial charge < -0.3 is 10.1 Å². The number of benzene rings is 1. The number of hydrogen-bond donors (Lipinski definition) is 1. The van der Waals surface area contributed by atoms with Crippen LogP contribution in [0.25, 0.3) is 0 Å². The van der Waals surface area contributed by atoms with Crippen LogP contribution in [0.5, 0.6) is 5.75 Å². The molecule has 2 atom stereocenters. The fourth-order valence-corrected chi connectivity index (χ4v) is 2.76. The van der Waals surface area contributed by atoms with Crippen molar-refractivity contribution < 1.29 is 4.74 Å². The maximum atomic E-state index is 9.14. The van der Waals surface area contributed by atoms with Crippen molar-refractivity contribution in [1.82, 2.24) is 5.32 Å². The molecule has 1 aliphatic rings. The summed E-state index contributed by atoms with van der Waals surface area (Å²) < 4.78 is 5.22. The molecule has 0 amide bonds. The van der Waals surface area contributed by atoms with Crippen LogP contribution in [0.1, 0.15) is 31.2 Å². The Balaban J connectivity index is 1.80. The molecular weight excluding hydrogens is 236 g/mol. The molecule has 1 saturated carbocycles.